The Morgan fingerprint density at radius 1 is 1.11 bits per heavy atom. The van der Waals surface area contributed by atoms with E-state index in [0.29, 0.717) is 5.17 Å². The van der Waals surface area contributed by atoms with Gasteiger partial charge in [-0.05, 0) is 29.9 Å². The van der Waals surface area contributed by atoms with Gasteiger partial charge in [0.2, 0.25) is 0 Å². The van der Waals surface area contributed by atoms with Gasteiger partial charge in [-0.3, -0.25) is 0 Å². The molecule has 2 aromatic rings. The zero-order valence-electron chi connectivity index (χ0n) is 15.8. The topological polar surface area (TPSA) is 55.3 Å². The normalized spacial score (nSPS) is 18.2. The Morgan fingerprint density at radius 3 is 2.57 bits per heavy atom. The van der Waals surface area contributed by atoms with E-state index in [4.69, 9.17) is 26.6 Å². The molecule has 1 N–H and O–H groups in total. The summed E-state index contributed by atoms with van der Waals surface area (Å²) < 4.78 is 5.33. The molecule has 0 saturated carbocycles. The van der Waals surface area contributed by atoms with Gasteiger partial charge < -0.3 is 19.7 Å². The summed E-state index contributed by atoms with van der Waals surface area (Å²) >= 11 is 5.35. The fourth-order valence-electron chi connectivity index (χ4n) is 3.56. The molecule has 1 fully saturated rings. The van der Waals surface area contributed by atoms with Gasteiger partial charge in [0, 0.05) is 32.4 Å². The van der Waals surface area contributed by atoms with Gasteiger partial charge in [-0.15, -0.1) is 5.06 Å². The molecule has 0 atom stereocenters. The van der Waals surface area contributed by atoms with Crippen LogP contribution in [0.5, 0.6) is 5.75 Å². The highest BCUT2D eigenvalue weighted by molar-refractivity contribution is 7.80. The van der Waals surface area contributed by atoms with Crippen molar-refractivity contribution in [1.82, 2.24) is 5.06 Å². The molecule has 2 aliphatic heterocycles. The third-order valence-corrected chi connectivity index (χ3v) is 5.31. The molecule has 2 aromatic carbocycles. The Balaban J connectivity index is 1.28. The molecule has 0 bridgehead atoms. The van der Waals surface area contributed by atoms with Crippen LogP contribution >= 0.6 is 12.2 Å². The summed E-state index contributed by atoms with van der Waals surface area (Å²) in [5.74, 6) is 0.719. The number of rotatable bonds is 4. The van der Waals surface area contributed by atoms with Gasteiger partial charge in [-0.2, -0.15) is 0 Å². The number of hydrogen-bond acceptors (Lipinski definition) is 6. The second kappa shape index (κ2) is 8.16. The maximum atomic E-state index is 5.87. The van der Waals surface area contributed by atoms with Crippen molar-refractivity contribution in [2.45, 2.75) is 24.9 Å². The monoisotopic (exact) mass is 397 g/mol. The van der Waals surface area contributed by atoms with E-state index in [0.717, 1.165) is 55.1 Å². The van der Waals surface area contributed by atoms with Gasteiger partial charge in [0.05, 0.1) is 18.5 Å². The molecule has 2 heterocycles. The molecule has 0 aromatic heterocycles. The lowest BCUT2D eigenvalue weighted by Gasteiger charge is -2.36. The van der Waals surface area contributed by atoms with Crippen molar-refractivity contribution in [2.75, 3.05) is 25.5 Å². The SMILES string of the molecule is COc1ccccc1NC(=S)ON1CCC2(CC1)CC(c1ccccc1)=NO2. The highest BCUT2D eigenvalue weighted by Crippen LogP contribution is 2.36. The van der Waals surface area contributed by atoms with E-state index in [1.54, 1.807) is 7.11 Å². The van der Waals surface area contributed by atoms with E-state index in [-0.39, 0.29) is 5.60 Å². The standard InChI is InChI=1S/C21H23N3O3S/c1-25-19-10-6-5-9-17(19)22-20(28)26-24-13-11-21(12-14-24)15-18(23-27-21)16-7-3-2-4-8-16/h2-10H,11-15H2,1H3,(H,22,28). The molecule has 1 spiro atoms. The van der Waals surface area contributed by atoms with Crippen molar-refractivity contribution in [3.8, 4) is 5.75 Å². The third-order valence-electron chi connectivity index (χ3n) is 5.14. The second-order valence-electron chi connectivity index (χ2n) is 6.99. The number of ether oxygens (including phenoxy) is 1. The first kappa shape index (κ1) is 18.7. The van der Waals surface area contributed by atoms with Crippen molar-refractivity contribution >= 4 is 28.8 Å². The number of nitrogens with one attached hydrogen (secondary N) is 1. The molecule has 146 valence electrons. The van der Waals surface area contributed by atoms with Crippen LogP contribution in [0.3, 0.4) is 0 Å². The predicted octanol–water partition coefficient (Wildman–Crippen LogP) is 3.98. The summed E-state index contributed by atoms with van der Waals surface area (Å²) in [5.41, 5.74) is 2.69. The fourth-order valence-corrected chi connectivity index (χ4v) is 3.77. The van der Waals surface area contributed by atoms with Crippen molar-refractivity contribution in [1.29, 1.82) is 0 Å². The summed E-state index contributed by atoms with van der Waals surface area (Å²) in [6.07, 6.45) is 2.50. The Bertz CT molecular complexity index is 864. The van der Waals surface area contributed by atoms with Crippen LogP contribution in [0, 0.1) is 0 Å². The summed E-state index contributed by atoms with van der Waals surface area (Å²) in [7, 11) is 1.63. The van der Waals surface area contributed by atoms with Crippen LogP contribution in [-0.4, -0.2) is 41.7 Å². The number of hydroxylamine groups is 2. The lowest BCUT2D eigenvalue weighted by atomic mass is 9.86. The Hall–Kier alpha value is -2.64. The Morgan fingerprint density at radius 2 is 1.82 bits per heavy atom. The number of hydrogen-bond donors (Lipinski definition) is 1. The van der Waals surface area contributed by atoms with Crippen LogP contribution in [0.4, 0.5) is 5.69 Å². The zero-order chi connectivity index (χ0) is 19.4. The molecule has 28 heavy (non-hydrogen) atoms. The minimum absolute atomic E-state index is 0.233. The number of thiocarbonyl (C=S) groups is 1. The molecule has 0 radical (unpaired) electrons. The average molecular weight is 398 g/mol. The molecule has 7 heteroatoms. The molecule has 1 saturated heterocycles. The summed E-state index contributed by atoms with van der Waals surface area (Å²) in [4.78, 5) is 11.7. The van der Waals surface area contributed by atoms with E-state index in [9.17, 15) is 0 Å². The molecule has 4 rings (SSSR count). The predicted molar refractivity (Wildman–Crippen MR) is 113 cm³/mol. The van der Waals surface area contributed by atoms with Gasteiger partial charge in [0.25, 0.3) is 5.17 Å². The molecular formula is C21H23N3O3S. The molecule has 0 unspecified atom stereocenters. The lowest BCUT2D eigenvalue weighted by Crippen LogP contribution is -2.45. The number of oxime groups is 1. The number of anilines is 1. The van der Waals surface area contributed by atoms with E-state index in [1.165, 1.54) is 0 Å². The van der Waals surface area contributed by atoms with Gasteiger partial charge >= 0.3 is 0 Å². The number of nitrogens with zero attached hydrogens (tertiary/aromatic N) is 2. The van der Waals surface area contributed by atoms with Gasteiger partial charge in [0.1, 0.15) is 11.4 Å². The lowest BCUT2D eigenvalue weighted by molar-refractivity contribution is -0.143. The number of para-hydroxylation sites is 2. The minimum Gasteiger partial charge on any atom is -0.495 e. The van der Waals surface area contributed by atoms with Crippen LogP contribution in [0.1, 0.15) is 24.8 Å². The summed E-state index contributed by atoms with van der Waals surface area (Å²) in [6.45, 7) is 1.46. The summed E-state index contributed by atoms with van der Waals surface area (Å²) in [6, 6.07) is 17.8. The molecule has 0 aliphatic carbocycles. The molecule has 6 nitrogen and oxygen atoms in total. The average Bonchev–Trinajstić information content (AvgIpc) is 3.15. The van der Waals surface area contributed by atoms with E-state index < -0.39 is 0 Å². The van der Waals surface area contributed by atoms with E-state index in [2.05, 4.69) is 22.6 Å². The second-order valence-corrected chi connectivity index (χ2v) is 7.36. The number of benzene rings is 2. The largest absolute Gasteiger partial charge is 0.495 e. The molecule has 2 aliphatic rings. The van der Waals surface area contributed by atoms with Gasteiger partial charge in [-0.1, -0.05) is 47.6 Å². The Kier molecular flexibility index (Phi) is 5.45. The fraction of sp³-hybridized carbons (Fsp3) is 0.333. The van der Waals surface area contributed by atoms with Crippen LogP contribution in [-0.2, 0) is 9.68 Å². The first-order chi connectivity index (χ1) is 13.7. The maximum absolute atomic E-state index is 5.87. The zero-order valence-corrected chi connectivity index (χ0v) is 16.6. The van der Waals surface area contributed by atoms with Gasteiger partial charge in [0.15, 0.2) is 0 Å². The van der Waals surface area contributed by atoms with Crippen molar-refractivity contribution in [3.63, 3.8) is 0 Å². The Labute approximate surface area is 170 Å². The van der Waals surface area contributed by atoms with Crippen molar-refractivity contribution < 1.29 is 14.4 Å². The number of methoxy groups -OCH3 is 1. The first-order valence-corrected chi connectivity index (χ1v) is 9.76. The van der Waals surface area contributed by atoms with Crippen LogP contribution in [0.2, 0.25) is 0 Å². The smallest absolute Gasteiger partial charge is 0.283 e. The third kappa shape index (κ3) is 4.10. The van der Waals surface area contributed by atoms with Gasteiger partial charge in [-0.25, -0.2) is 0 Å². The van der Waals surface area contributed by atoms with Crippen molar-refractivity contribution in [3.05, 3.63) is 60.2 Å². The number of piperidine rings is 1. The minimum atomic E-state index is -0.233. The van der Waals surface area contributed by atoms with Crippen LogP contribution in [0.25, 0.3) is 0 Å². The quantitative estimate of drug-likeness (QED) is 0.788. The van der Waals surface area contributed by atoms with E-state index in [1.807, 2.05) is 47.5 Å². The first-order valence-electron chi connectivity index (χ1n) is 9.35. The molecule has 0 amide bonds. The van der Waals surface area contributed by atoms with Crippen LogP contribution < -0.4 is 10.1 Å². The van der Waals surface area contributed by atoms with E-state index >= 15 is 0 Å². The van der Waals surface area contributed by atoms with Crippen LogP contribution in [0.15, 0.2) is 59.8 Å². The summed E-state index contributed by atoms with van der Waals surface area (Å²) in [5, 5.41) is 9.61. The highest BCUT2D eigenvalue weighted by Gasteiger charge is 2.43. The maximum Gasteiger partial charge on any atom is 0.283 e. The molecular weight excluding hydrogens is 374 g/mol. The highest BCUT2D eigenvalue weighted by atomic mass is 32.1. The van der Waals surface area contributed by atoms with Crippen molar-refractivity contribution in [2.24, 2.45) is 5.16 Å².